The molecule has 2 amide bonds. The first-order chi connectivity index (χ1) is 23.8. The first kappa shape index (κ1) is 33.2. The Bertz CT molecular complexity index is 2120. The summed E-state index contributed by atoms with van der Waals surface area (Å²) in [5, 5.41) is 0.940. The summed E-state index contributed by atoms with van der Waals surface area (Å²) in [6, 6.07) is 26.6. The Balaban J connectivity index is 1.47. The standard InChI is InChI=1S/C35H24F6N4O4S/c36-34(37,38)30(47)23-15-16-26-25(17-23)42-32(43(26)19-21-9-3-1-4-10-21)44(31(48)35(39,40)41)45-29(46)20-50-33(45)18-28(22-11-5-2-6-12-22)49-27-14-8-7-13-24(27)33/h1-17,28H,18-20H2. The molecule has 4 aromatic carbocycles. The lowest BCUT2D eigenvalue weighted by Crippen LogP contribution is -2.60. The van der Waals surface area contributed by atoms with Gasteiger partial charge in [-0.15, -0.1) is 11.8 Å². The molecule has 2 unspecified atom stereocenters. The van der Waals surface area contributed by atoms with Crippen LogP contribution >= 0.6 is 11.8 Å². The van der Waals surface area contributed by atoms with Gasteiger partial charge in [0.05, 0.1) is 23.3 Å². The quantitative estimate of drug-likeness (QED) is 0.133. The maximum absolute atomic E-state index is 14.7. The molecule has 5 aromatic rings. The molecule has 0 radical (unpaired) electrons. The number of carbonyl (C=O) groups excluding carboxylic acids is 3. The van der Waals surface area contributed by atoms with Crippen molar-refractivity contribution in [3.05, 3.63) is 125 Å². The first-order valence-corrected chi connectivity index (χ1v) is 16.1. The van der Waals surface area contributed by atoms with Crippen LogP contribution in [-0.2, 0) is 21.0 Å². The molecule has 50 heavy (non-hydrogen) atoms. The summed E-state index contributed by atoms with van der Waals surface area (Å²) < 4.78 is 91.8. The fourth-order valence-electron chi connectivity index (χ4n) is 6.31. The molecule has 1 fully saturated rings. The monoisotopic (exact) mass is 710 g/mol. The van der Waals surface area contributed by atoms with Crippen LogP contribution in [0.3, 0.4) is 0 Å². The van der Waals surface area contributed by atoms with Crippen molar-refractivity contribution in [1.29, 1.82) is 0 Å². The number of thioether (sulfide) groups is 1. The van der Waals surface area contributed by atoms with Gasteiger partial charge in [0.25, 0.3) is 11.7 Å². The molecule has 0 bridgehead atoms. The molecular formula is C35H24F6N4O4S. The molecule has 1 aromatic heterocycles. The van der Waals surface area contributed by atoms with Crippen LogP contribution < -0.4 is 9.75 Å². The van der Waals surface area contributed by atoms with Gasteiger partial charge in [-0.25, -0.2) is 9.99 Å². The van der Waals surface area contributed by atoms with Crippen molar-refractivity contribution in [2.75, 3.05) is 10.8 Å². The zero-order valence-electron chi connectivity index (χ0n) is 25.6. The molecule has 0 N–H and O–H groups in total. The van der Waals surface area contributed by atoms with Gasteiger partial charge in [0.2, 0.25) is 5.95 Å². The third kappa shape index (κ3) is 5.74. The lowest BCUT2D eigenvalue weighted by molar-refractivity contribution is -0.176. The Morgan fingerprint density at radius 1 is 0.880 bits per heavy atom. The summed E-state index contributed by atoms with van der Waals surface area (Å²) in [5.41, 5.74) is 0.475. The smallest absolute Gasteiger partial charge is 0.473 e. The average molecular weight is 711 g/mol. The number of ketones is 1. The van der Waals surface area contributed by atoms with Crippen molar-refractivity contribution < 1.29 is 45.5 Å². The fraction of sp³-hybridized carbons (Fsp3) is 0.200. The molecule has 0 saturated carbocycles. The highest BCUT2D eigenvalue weighted by Gasteiger charge is 2.60. The molecule has 15 heteroatoms. The van der Waals surface area contributed by atoms with Crippen molar-refractivity contribution in [2.24, 2.45) is 0 Å². The SMILES string of the molecule is O=C1CSC2(CC(c3ccccc3)Oc3ccccc32)N1N(C(=O)C(F)(F)F)c1nc2cc(C(=O)C(F)(F)F)ccc2n1Cc1ccccc1. The summed E-state index contributed by atoms with van der Waals surface area (Å²) in [6.07, 6.45) is -11.6. The van der Waals surface area contributed by atoms with Gasteiger partial charge in [0.15, 0.2) is 0 Å². The molecule has 0 aliphatic carbocycles. The number of amides is 2. The highest BCUT2D eigenvalue weighted by molar-refractivity contribution is 8.01. The zero-order valence-corrected chi connectivity index (χ0v) is 26.4. The Hall–Kier alpha value is -5.31. The van der Waals surface area contributed by atoms with Crippen LogP contribution in [0.1, 0.15) is 39.6 Å². The predicted octanol–water partition coefficient (Wildman–Crippen LogP) is 7.59. The van der Waals surface area contributed by atoms with E-state index in [-0.39, 0.29) is 40.5 Å². The molecule has 2 aliphatic heterocycles. The van der Waals surface area contributed by atoms with E-state index >= 15 is 0 Å². The summed E-state index contributed by atoms with van der Waals surface area (Å²) in [7, 11) is 0. The maximum Gasteiger partial charge on any atom is 0.473 e. The van der Waals surface area contributed by atoms with Crippen molar-refractivity contribution in [3.8, 4) is 5.75 Å². The number of para-hydroxylation sites is 1. The maximum atomic E-state index is 14.7. The number of hydrogen-bond donors (Lipinski definition) is 0. The third-order valence-electron chi connectivity index (χ3n) is 8.48. The largest absolute Gasteiger partial charge is 0.485 e. The van der Waals surface area contributed by atoms with Crippen molar-refractivity contribution in [3.63, 3.8) is 0 Å². The number of alkyl halides is 6. The van der Waals surface area contributed by atoms with Crippen LogP contribution in [-0.4, -0.2) is 50.3 Å². The van der Waals surface area contributed by atoms with E-state index in [2.05, 4.69) is 4.98 Å². The molecule has 1 saturated heterocycles. The fourth-order valence-corrected chi connectivity index (χ4v) is 7.70. The predicted molar refractivity (Wildman–Crippen MR) is 171 cm³/mol. The molecule has 3 heterocycles. The van der Waals surface area contributed by atoms with E-state index < -0.39 is 52.4 Å². The van der Waals surface area contributed by atoms with E-state index in [0.29, 0.717) is 16.7 Å². The minimum Gasteiger partial charge on any atom is -0.485 e. The molecule has 1 spiro atoms. The number of ether oxygens (including phenoxy) is 1. The number of nitrogens with zero attached hydrogens (tertiary/aromatic N) is 4. The van der Waals surface area contributed by atoms with Crippen LogP contribution in [0.15, 0.2) is 103 Å². The lowest BCUT2D eigenvalue weighted by atomic mass is 9.91. The lowest BCUT2D eigenvalue weighted by Gasteiger charge is -2.47. The first-order valence-electron chi connectivity index (χ1n) is 15.1. The van der Waals surface area contributed by atoms with Gasteiger partial charge >= 0.3 is 18.3 Å². The van der Waals surface area contributed by atoms with Gasteiger partial charge in [-0.05, 0) is 35.4 Å². The Labute approximate surface area is 284 Å². The minimum atomic E-state index is -5.54. The highest BCUT2D eigenvalue weighted by Crippen LogP contribution is 2.58. The second-order valence-electron chi connectivity index (χ2n) is 11.6. The number of hydrazine groups is 1. The van der Waals surface area contributed by atoms with Crippen molar-refractivity contribution in [2.45, 2.75) is 36.3 Å². The van der Waals surface area contributed by atoms with Gasteiger partial charge in [-0.3, -0.25) is 14.4 Å². The molecule has 2 atom stereocenters. The number of aromatic nitrogens is 2. The van der Waals surface area contributed by atoms with E-state index in [4.69, 9.17) is 4.74 Å². The normalized spacial score (nSPS) is 19.0. The van der Waals surface area contributed by atoms with Gasteiger partial charge in [0.1, 0.15) is 16.7 Å². The number of carbonyl (C=O) groups is 3. The number of fused-ring (bicyclic) bond motifs is 3. The molecule has 256 valence electrons. The second kappa shape index (κ2) is 12.2. The number of Topliss-reactive ketones (excluding diaryl/α,β-unsaturated/α-hetero) is 1. The number of hydrogen-bond acceptors (Lipinski definition) is 6. The summed E-state index contributed by atoms with van der Waals surface area (Å²) in [4.78, 5) is 42.5. The Morgan fingerprint density at radius 2 is 1.54 bits per heavy atom. The van der Waals surface area contributed by atoms with Crippen molar-refractivity contribution in [1.82, 2.24) is 14.6 Å². The van der Waals surface area contributed by atoms with Gasteiger partial charge < -0.3 is 9.30 Å². The highest BCUT2D eigenvalue weighted by atomic mass is 32.2. The van der Waals surface area contributed by atoms with Crippen LogP contribution in [0.25, 0.3) is 11.0 Å². The number of imidazole rings is 1. The van der Waals surface area contributed by atoms with E-state index in [1.807, 2.05) is 0 Å². The van der Waals surface area contributed by atoms with Crippen LogP contribution in [0.4, 0.5) is 32.3 Å². The van der Waals surface area contributed by atoms with Gasteiger partial charge in [-0.1, -0.05) is 78.9 Å². The number of halogens is 6. The van der Waals surface area contributed by atoms with Gasteiger partial charge in [-0.2, -0.15) is 31.4 Å². The van der Waals surface area contributed by atoms with Gasteiger partial charge in [0, 0.05) is 17.5 Å². The van der Waals surface area contributed by atoms with Crippen LogP contribution in [0.5, 0.6) is 5.75 Å². The summed E-state index contributed by atoms with van der Waals surface area (Å²) in [5.74, 6) is -6.20. The van der Waals surface area contributed by atoms with Crippen LogP contribution in [0, 0.1) is 0 Å². The van der Waals surface area contributed by atoms with E-state index in [1.54, 1.807) is 84.9 Å². The summed E-state index contributed by atoms with van der Waals surface area (Å²) in [6.45, 7) is -0.199. The minimum absolute atomic E-state index is 0.0189. The molecule has 7 rings (SSSR count). The number of rotatable bonds is 6. The molecular weight excluding hydrogens is 686 g/mol. The van der Waals surface area contributed by atoms with E-state index in [0.717, 1.165) is 35.0 Å². The summed E-state index contributed by atoms with van der Waals surface area (Å²) >= 11 is 1.03. The zero-order chi connectivity index (χ0) is 35.4. The Morgan fingerprint density at radius 3 is 2.22 bits per heavy atom. The molecule has 2 aliphatic rings. The van der Waals surface area contributed by atoms with Crippen LogP contribution in [0.2, 0.25) is 0 Å². The number of anilines is 1. The molecule has 8 nitrogen and oxygen atoms in total. The Kier molecular flexibility index (Phi) is 8.12. The number of benzene rings is 4. The third-order valence-corrected chi connectivity index (χ3v) is 9.91. The topological polar surface area (TPSA) is 84.7 Å². The van der Waals surface area contributed by atoms with E-state index in [1.165, 1.54) is 4.57 Å². The van der Waals surface area contributed by atoms with E-state index in [9.17, 15) is 40.7 Å². The van der Waals surface area contributed by atoms with Crippen molar-refractivity contribution >= 4 is 46.3 Å². The average Bonchev–Trinajstić information content (AvgIpc) is 3.61. The second-order valence-corrected chi connectivity index (χ2v) is 12.9.